The van der Waals surface area contributed by atoms with Crippen LogP contribution in [0.4, 0.5) is 5.95 Å². The summed E-state index contributed by atoms with van der Waals surface area (Å²) in [5, 5.41) is 0. The zero-order valence-corrected chi connectivity index (χ0v) is 11.1. The third-order valence-corrected chi connectivity index (χ3v) is 3.42. The first-order valence-electron chi connectivity index (χ1n) is 6.28. The van der Waals surface area contributed by atoms with Crippen molar-refractivity contribution in [3.05, 3.63) is 53.3 Å². The van der Waals surface area contributed by atoms with Crippen LogP contribution in [-0.4, -0.2) is 14.5 Å². The Kier molecular flexibility index (Phi) is 2.71. The molecule has 0 bridgehead atoms. The second-order valence-corrected chi connectivity index (χ2v) is 4.77. The average molecular weight is 252 g/mol. The Morgan fingerprint density at radius 1 is 1.11 bits per heavy atom. The third-order valence-electron chi connectivity index (χ3n) is 3.42. The molecule has 3 rings (SSSR count). The fourth-order valence-electron chi connectivity index (χ4n) is 2.38. The summed E-state index contributed by atoms with van der Waals surface area (Å²) in [5.41, 5.74) is 11.4. The maximum Gasteiger partial charge on any atom is 0.201 e. The summed E-state index contributed by atoms with van der Waals surface area (Å²) in [7, 11) is 0. The van der Waals surface area contributed by atoms with Crippen LogP contribution in [0.1, 0.15) is 16.8 Å². The molecular formula is C15H16N4. The second kappa shape index (κ2) is 4.39. The van der Waals surface area contributed by atoms with E-state index in [9.17, 15) is 0 Å². The van der Waals surface area contributed by atoms with E-state index in [4.69, 9.17) is 5.73 Å². The van der Waals surface area contributed by atoms with Gasteiger partial charge in [-0.3, -0.25) is 4.98 Å². The number of pyridine rings is 1. The highest BCUT2D eigenvalue weighted by atomic mass is 15.2. The summed E-state index contributed by atoms with van der Waals surface area (Å²) in [4.78, 5) is 8.84. The molecule has 0 saturated heterocycles. The second-order valence-electron chi connectivity index (χ2n) is 4.77. The molecule has 0 aliphatic rings. The Morgan fingerprint density at radius 3 is 2.68 bits per heavy atom. The number of nitrogen functional groups attached to an aromatic ring is 1. The minimum absolute atomic E-state index is 0.536. The lowest BCUT2D eigenvalue weighted by atomic mass is 10.2. The van der Waals surface area contributed by atoms with Crippen molar-refractivity contribution in [1.82, 2.24) is 14.5 Å². The standard InChI is InChI=1S/C15H16N4/c1-10-6-4-8-17-13(10)9-19-14-11(2)5-3-7-12(14)18-15(19)16/h3-8H,9H2,1-2H3,(H2,16,18). The Balaban J connectivity index is 2.16. The first-order chi connectivity index (χ1) is 9.16. The lowest BCUT2D eigenvalue weighted by Gasteiger charge is -2.09. The van der Waals surface area contributed by atoms with E-state index in [0.29, 0.717) is 12.5 Å². The van der Waals surface area contributed by atoms with Crippen LogP contribution in [0.25, 0.3) is 11.0 Å². The van der Waals surface area contributed by atoms with Gasteiger partial charge in [-0.15, -0.1) is 0 Å². The van der Waals surface area contributed by atoms with E-state index in [1.54, 1.807) is 0 Å². The maximum atomic E-state index is 6.04. The minimum atomic E-state index is 0.536. The molecule has 0 fully saturated rings. The van der Waals surface area contributed by atoms with Crippen LogP contribution >= 0.6 is 0 Å². The van der Waals surface area contributed by atoms with E-state index in [0.717, 1.165) is 22.3 Å². The van der Waals surface area contributed by atoms with Crippen LogP contribution < -0.4 is 5.73 Å². The van der Waals surface area contributed by atoms with Gasteiger partial charge in [-0.2, -0.15) is 0 Å². The van der Waals surface area contributed by atoms with Gasteiger partial charge in [-0.05, 0) is 37.1 Å². The van der Waals surface area contributed by atoms with Gasteiger partial charge in [0.1, 0.15) is 0 Å². The SMILES string of the molecule is Cc1cccnc1Cn1c(N)nc2cccc(C)c21. The fraction of sp³-hybridized carbons (Fsp3) is 0.200. The van der Waals surface area contributed by atoms with Gasteiger partial charge in [0.2, 0.25) is 5.95 Å². The van der Waals surface area contributed by atoms with Gasteiger partial charge >= 0.3 is 0 Å². The number of benzene rings is 1. The van der Waals surface area contributed by atoms with Crippen LogP contribution in [0.2, 0.25) is 0 Å². The van der Waals surface area contributed by atoms with Crippen molar-refractivity contribution in [2.45, 2.75) is 20.4 Å². The number of aromatic nitrogens is 3. The largest absolute Gasteiger partial charge is 0.369 e. The molecule has 0 atom stereocenters. The van der Waals surface area contributed by atoms with Crippen LogP contribution in [0.15, 0.2) is 36.5 Å². The summed E-state index contributed by atoms with van der Waals surface area (Å²) in [6.45, 7) is 4.79. The zero-order valence-electron chi connectivity index (χ0n) is 11.1. The molecule has 2 aromatic heterocycles. The molecule has 0 aliphatic carbocycles. The first-order valence-corrected chi connectivity index (χ1v) is 6.28. The van der Waals surface area contributed by atoms with E-state index < -0.39 is 0 Å². The molecule has 1 aromatic carbocycles. The number of imidazole rings is 1. The van der Waals surface area contributed by atoms with Gasteiger partial charge in [0.15, 0.2) is 0 Å². The summed E-state index contributed by atoms with van der Waals surface area (Å²) in [6, 6.07) is 10.1. The van der Waals surface area contributed by atoms with Gasteiger partial charge < -0.3 is 10.3 Å². The molecule has 0 aliphatic heterocycles. The van der Waals surface area contributed by atoms with Gasteiger partial charge in [-0.1, -0.05) is 18.2 Å². The number of nitrogens with two attached hydrogens (primary N) is 1. The Labute approximate surface area is 111 Å². The van der Waals surface area contributed by atoms with Crippen molar-refractivity contribution in [2.24, 2.45) is 0 Å². The fourth-order valence-corrected chi connectivity index (χ4v) is 2.38. The molecule has 19 heavy (non-hydrogen) atoms. The van der Waals surface area contributed by atoms with Crippen LogP contribution in [-0.2, 0) is 6.54 Å². The van der Waals surface area contributed by atoms with E-state index in [1.807, 2.05) is 29.0 Å². The molecule has 0 unspecified atom stereocenters. The lowest BCUT2D eigenvalue weighted by Crippen LogP contribution is -2.07. The molecule has 96 valence electrons. The normalized spacial score (nSPS) is 11.1. The van der Waals surface area contributed by atoms with Crippen molar-refractivity contribution in [3.63, 3.8) is 0 Å². The van der Waals surface area contributed by atoms with Gasteiger partial charge in [0.05, 0.1) is 23.3 Å². The molecule has 0 radical (unpaired) electrons. The molecule has 4 heteroatoms. The highest BCUT2D eigenvalue weighted by Crippen LogP contribution is 2.22. The number of nitrogens with zero attached hydrogens (tertiary/aromatic N) is 3. The van der Waals surface area contributed by atoms with Gasteiger partial charge in [-0.25, -0.2) is 4.98 Å². The summed E-state index contributed by atoms with van der Waals surface area (Å²) >= 11 is 0. The van der Waals surface area contributed by atoms with E-state index in [-0.39, 0.29) is 0 Å². The van der Waals surface area contributed by atoms with Gasteiger partial charge in [0, 0.05) is 6.20 Å². The van der Waals surface area contributed by atoms with Gasteiger partial charge in [0.25, 0.3) is 0 Å². The maximum absolute atomic E-state index is 6.04. The molecule has 3 aromatic rings. The van der Waals surface area contributed by atoms with Crippen LogP contribution in [0.3, 0.4) is 0 Å². The number of hydrogen-bond donors (Lipinski definition) is 1. The zero-order chi connectivity index (χ0) is 13.4. The number of hydrogen-bond acceptors (Lipinski definition) is 3. The van der Waals surface area contributed by atoms with Crippen molar-refractivity contribution in [3.8, 4) is 0 Å². The quantitative estimate of drug-likeness (QED) is 0.763. The van der Waals surface area contributed by atoms with Crippen molar-refractivity contribution >= 4 is 17.0 Å². The highest BCUT2D eigenvalue weighted by Gasteiger charge is 2.11. The topological polar surface area (TPSA) is 56.7 Å². The summed E-state index contributed by atoms with van der Waals surface area (Å²) < 4.78 is 2.03. The molecular weight excluding hydrogens is 236 g/mol. The summed E-state index contributed by atoms with van der Waals surface area (Å²) in [5.74, 6) is 0.536. The number of rotatable bonds is 2. The number of anilines is 1. The monoisotopic (exact) mass is 252 g/mol. The number of aryl methyl sites for hydroxylation is 2. The van der Waals surface area contributed by atoms with E-state index in [2.05, 4.69) is 35.9 Å². The molecule has 2 N–H and O–H groups in total. The molecule has 4 nitrogen and oxygen atoms in total. The molecule has 0 spiro atoms. The van der Waals surface area contributed by atoms with E-state index in [1.165, 1.54) is 5.56 Å². The first kappa shape index (κ1) is 11.7. The van der Waals surface area contributed by atoms with Crippen molar-refractivity contribution < 1.29 is 0 Å². The van der Waals surface area contributed by atoms with Crippen molar-refractivity contribution in [1.29, 1.82) is 0 Å². The molecule has 2 heterocycles. The summed E-state index contributed by atoms with van der Waals surface area (Å²) in [6.07, 6.45) is 1.81. The number of fused-ring (bicyclic) bond motifs is 1. The highest BCUT2D eigenvalue weighted by molar-refractivity contribution is 5.81. The average Bonchev–Trinajstić information content (AvgIpc) is 2.70. The van der Waals surface area contributed by atoms with Crippen molar-refractivity contribution in [2.75, 3.05) is 5.73 Å². The Bertz CT molecular complexity index is 743. The third kappa shape index (κ3) is 1.95. The smallest absolute Gasteiger partial charge is 0.201 e. The van der Waals surface area contributed by atoms with Crippen LogP contribution in [0, 0.1) is 13.8 Å². The van der Waals surface area contributed by atoms with E-state index >= 15 is 0 Å². The predicted molar refractivity (Wildman–Crippen MR) is 77.0 cm³/mol. The van der Waals surface area contributed by atoms with Crippen LogP contribution in [0.5, 0.6) is 0 Å². The minimum Gasteiger partial charge on any atom is -0.369 e. The lowest BCUT2D eigenvalue weighted by molar-refractivity contribution is 0.800. The Morgan fingerprint density at radius 2 is 1.89 bits per heavy atom. The Hall–Kier alpha value is -2.36. The molecule has 0 saturated carbocycles. The predicted octanol–water partition coefficient (Wildman–Crippen LogP) is 2.68. The molecule has 0 amide bonds. The number of para-hydroxylation sites is 1.